The Balaban J connectivity index is 2.19. The van der Waals surface area contributed by atoms with Crippen molar-refractivity contribution >= 4 is 22.2 Å². The first-order chi connectivity index (χ1) is 10.3. The molecule has 4 aromatic rings. The second-order valence-electron chi connectivity index (χ2n) is 4.91. The van der Waals surface area contributed by atoms with E-state index < -0.39 is 0 Å². The normalized spacial score (nSPS) is 11.2. The molecular weight excluding hydrogens is 264 g/mol. The molecule has 102 valence electrons. The van der Waals surface area contributed by atoms with Crippen molar-refractivity contribution < 1.29 is 4.57 Å². The topological polar surface area (TPSA) is 67.2 Å². The lowest BCUT2D eigenvalue weighted by molar-refractivity contribution is -0.593. The van der Waals surface area contributed by atoms with Gasteiger partial charge in [-0.3, -0.25) is 9.20 Å². The van der Waals surface area contributed by atoms with Crippen molar-refractivity contribution in [3.63, 3.8) is 0 Å². The van der Waals surface area contributed by atoms with E-state index in [1.165, 1.54) is 0 Å². The Bertz CT molecular complexity index is 1010. The lowest BCUT2D eigenvalue weighted by Gasteiger charge is -2.00. The van der Waals surface area contributed by atoms with Crippen LogP contribution < -0.4 is 15.9 Å². The van der Waals surface area contributed by atoms with Gasteiger partial charge in [0.2, 0.25) is 0 Å². The Morgan fingerprint density at radius 2 is 1.81 bits per heavy atom. The molecular formula is C16H13N4O+. The van der Waals surface area contributed by atoms with E-state index in [1.807, 2.05) is 53.4 Å². The Morgan fingerprint density at radius 1 is 1.05 bits per heavy atom. The van der Waals surface area contributed by atoms with E-state index in [0.717, 1.165) is 11.2 Å². The summed E-state index contributed by atoms with van der Waals surface area (Å²) >= 11 is 0. The predicted octanol–water partition coefficient (Wildman–Crippen LogP) is 1.64. The van der Waals surface area contributed by atoms with Crippen LogP contribution in [0.25, 0.3) is 22.2 Å². The number of aromatic nitrogens is 3. The molecule has 21 heavy (non-hydrogen) atoms. The number of nitrogens with two attached hydrogens (primary N) is 1. The highest BCUT2D eigenvalue weighted by molar-refractivity contribution is 5.82. The van der Waals surface area contributed by atoms with Gasteiger partial charge in [0.05, 0.1) is 10.9 Å². The maximum Gasteiger partial charge on any atom is 0.277 e. The molecule has 0 spiro atoms. The molecule has 0 aliphatic rings. The Hall–Kier alpha value is -3.08. The van der Waals surface area contributed by atoms with Gasteiger partial charge < -0.3 is 10.7 Å². The molecule has 0 aliphatic carbocycles. The average Bonchev–Trinajstić information content (AvgIpc) is 2.85. The van der Waals surface area contributed by atoms with Gasteiger partial charge in [0.1, 0.15) is 5.69 Å². The molecule has 3 N–H and O–H groups in total. The predicted molar refractivity (Wildman–Crippen MR) is 81.5 cm³/mol. The van der Waals surface area contributed by atoms with Crippen molar-refractivity contribution in [1.82, 2.24) is 9.38 Å². The number of nitrogens with one attached hydrogen (secondary N) is 1. The van der Waals surface area contributed by atoms with Crippen molar-refractivity contribution in [2.75, 3.05) is 5.73 Å². The number of fused-ring (bicyclic) bond motifs is 2. The third-order valence-corrected chi connectivity index (χ3v) is 3.61. The first-order valence-electron chi connectivity index (χ1n) is 6.64. The number of para-hydroxylation sites is 1. The highest BCUT2D eigenvalue weighted by Gasteiger charge is 2.20. The van der Waals surface area contributed by atoms with Crippen molar-refractivity contribution in [2.24, 2.45) is 0 Å². The average molecular weight is 277 g/mol. The second kappa shape index (κ2) is 4.21. The van der Waals surface area contributed by atoms with Gasteiger partial charge in [-0.2, -0.15) is 4.57 Å². The van der Waals surface area contributed by atoms with Crippen LogP contribution >= 0.6 is 0 Å². The molecule has 1 aromatic carbocycles. The maximum absolute atomic E-state index is 12.6. The zero-order valence-electron chi connectivity index (χ0n) is 11.2. The first-order valence-corrected chi connectivity index (χ1v) is 6.64. The standard InChI is InChI=1S/C16H12N4O/c17-12-10-20-15(14(12)19-8-4-1-5-9-19)18-13-7-3-2-6-11(13)16(20)21/h1-10H,17H2/p+1. The summed E-state index contributed by atoms with van der Waals surface area (Å²) in [6.45, 7) is 0. The van der Waals surface area contributed by atoms with E-state index in [4.69, 9.17) is 5.73 Å². The van der Waals surface area contributed by atoms with Crippen LogP contribution in [0.1, 0.15) is 0 Å². The summed E-state index contributed by atoms with van der Waals surface area (Å²) in [5, 5.41) is 0.643. The van der Waals surface area contributed by atoms with Gasteiger partial charge in [-0.1, -0.05) is 18.2 Å². The van der Waals surface area contributed by atoms with E-state index in [0.29, 0.717) is 16.7 Å². The van der Waals surface area contributed by atoms with Crippen molar-refractivity contribution in [3.05, 3.63) is 71.4 Å². The molecule has 0 amide bonds. The second-order valence-corrected chi connectivity index (χ2v) is 4.91. The van der Waals surface area contributed by atoms with Gasteiger partial charge in [0.25, 0.3) is 11.2 Å². The smallest absolute Gasteiger partial charge is 0.277 e. The number of nitrogens with zero attached hydrogens (tertiary/aromatic N) is 2. The Labute approximate surface area is 119 Å². The summed E-state index contributed by atoms with van der Waals surface area (Å²) in [5.74, 6) is 0. The lowest BCUT2D eigenvalue weighted by atomic mass is 10.2. The number of hydrogen-bond acceptors (Lipinski definition) is 2. The van der Waals surface area contributed by atoms with Crippen LogP contribution in [0.4, 0.5) is 5.69 Å². The fraction of sp³-hybridized carbons (Fsp3) is 0. The van der Waals surface area contributed by atoms with Crippen LogP contribution in [0, 0.1) is 0 Å². The fourth-order valence-corrected chi connectivity index (χ4v) is 2.65. The molecule has 0 aliphatic heterocycles. The molecule has 3 heterocycles. The summed E-state index contributed by atoms with van der Waals surface area (Å²) in [6.07, 6.45) is 5.47. The van der Waals surface area contributed by atoms with Gasteiger partial charge in [-0.15, -0.1) is 0 Å². The minimum Gasteiger partial charge on any atom is -0.392 e. The van der Waals surface area contributed by atoms with Gasteiger partial charge in [0.15, 0.2) is 18.0 Å². The van der Waals surface area contributed by atoms with E-state index in [-0.39, 0.29) is 5.56 Å². The van der Waals surface area contributed by atoms with E-state index in [2.05, 4.69) is 4.98 Å². The molecule has 0 saturated heterocycles. The molecule has 0 radical (unpaired) electrons. The molecule has 0 bridgehead atoms. The quantitative estimate of drug-likeness (QED) is 0.519. The maximum atomic E-state index is 12.6. The Morgan fingerprint density at radius 3 is 2.62 bits per heavy atom. The molecule has 5 nitrogen and oxygen atoms in total. The molecule has 5 heteroatoms. The molecule has 0 unspecified atom stereocenters. The Kier molecular flexibility index (Phi) is 2.35. The van der Waals surface area contributed by atoms with Crippen LogP contribution in [-0.4, -0.2) is 9.38 Å². The molecule has 0 saturated carbocycles. The minimum absolute atomic E-state index is 0.0752. The summed E-state index contributed by atoms with van der Waals surface area (Å²) in [5.41, 5.74) is 8.85. The van der Waals surface area contributed by atoms with Gasteiger partial charge >= 0.3 is 0 Å². The van der Waals surface area contributed by atoms with Gasteiger partial charge in [0, 0.05) is 18.3 Å². The number of nitrogen functional groups attached to an aromatic ring is 1. The van der Waals surface area contributed by atoms with E-state index >= 15 is 0 Å². The van der Waals surface area contributed by atoms with Crippen molar-refractivity contribution in [1.29, 1.82) is 0 Å². The highest BCUT2D eigenvalue weighted by Crippen LogP contribution is 2.19. The summed E-state index contributed by atoms with van der Waals surface area (Å²) in [4.78, 5) is 15.9. The zero-order valence-corrected chi connectivity index (χ0v) is 11.2. The van der Waals surface area contributed by atoms with Gasteiger partial charge in [-0.25, -0.2) is 0 Å². The monoisotopic (exact) mass is 277 g/mol. The molecule has 0 atom stereocenters. The van der Waals surface area contributed by atoms with Crippen LogP contribution in [0.3, 0.4) is 0 Å². The molecule has 4 rings (SSSR count). The van der Waals surface area contributed by atoms with Crippen LogP contribution in [0.15, 0.2) is 65.8 Å². The summed E-state index contributed by atoms with van der Waals surface area (Å²) in [6, 6.07) is 13.2. The van der Waals surface area contributed by atoms with Crippen LogP contribution in [0.2, 0.25) is 0 Å². The number of pyridine rings is 1. The number of aromatic amines is 1. The lowest BCUT2D eigenvalue weighted by Crippen LogP contribution is -2.30. The fourth-order valence-electron chi connectivity index (χ4n) is 2.65. The van der Waals surface area contributed by atoms with E-state index in [1.54, 1.807) is 16.7 Å². The van der Waals surface area contributed by atoms with Crippen LogP contribution in [0.5, 0.6) is 0 Å². The number of hydrogen-bond donors (Lipinski definition) is 2. The summed E-state index contributed by atoms with van der Waals surface area (Å²) < 4.78 is 3.46. The van der Waals surface area contributed by atoms with E-state index in [9.17, 15) is 4.79 Å². The number of benzene rings is 1. The molecule has 0 fully saturated rings. The van der Waals surface area contributed by atoms with Crippen molar-refractivity contribution in [3.8, 4) is 5.69 Å². The third-order valence-electron chi connectivity index (χ3n) is 3.61. The number of H-pyrrole nitrogens is 1. The van der Waals surface area contributed by atoms with Crippen molar-refractivity contribution in [2.45, 2.75) is 0 Å². The number of rotatable bonds is 1. The molecule has 3 aromatic heterocycles. The van der Waals surface area contributed by atoms with Crippen LogP contribution in [-0.2, 0) is 0 Å². The largest absolute Gasteiger partial charge is 0.392 e. The summed E-state index contributed by atoms with van der Waals surface area (Å²) in [7, 11) is 0. The third kappa shape index (κ3) is 1.64. The minimum atomic E-state index is -0.0752. The highest BCUT2D eigenvalue weighted by atomic mass is 16.1. The zero-order chi connectivity index (χ0) is 14.4. The van der Waals surface area contributed by atoms with Gasteiger partial charge in [-0.05, 0) is 12.1 Å². The number of anilines is 1. The first kappa shape index (κ1) is 11.7. The SMILES string of the molecule is Nc1cn2c(=O)c3ccccc3[nH]c2c1-[n+]1ccccc1.